The average molecular weight is 440 g/mol. The fraction of sp³-hybridized carbons (Fsp3) is 0.304. The molecule has 0 atom stereocenters. The number of hydrogen-bond acceptors (Lipinski definition) is 6. The third-order valence-corrected chi connectivity index (χ3v) is 6.04. The molecule has 2 aromatic carbocycles. The summed E-state index contributed by atoms with van der Waals surface area (Å²) in [4.78, 5) is 11.2. The van der Waals surface area contributed by atoms with E-state index in [-0.39, 0.29) is 5.75 Å². The quantitative estimate of drug-likeness (QED) is 0.506. The lowest BCUT2D eigenvalue weighted by Crippen LogP contribution is -2.23. The van der Waals surface area contributed by atoms with E-state index in [1.165, 1.54) is 0 Å². The first kappa shape index (κ1) is 22.6. The Morgan fingerprint density at radius 1 is 0.903 bits per heavy atom. The molecule has 3 rings (SSSR count). The van der Waals surface area contributed by atoms with Crippen LogP contribution in [0.15, 0.2) is 54.6 Å². The Hall–Kier alpha value is -3.13. The van der Waals surface area contributed by atoms with Crippen molar-refractivity contribution in [3.8, 4) is 0 Å². The molecular formula is C23H29N5O2S. The van der Waals surface area contributed by atoms with E-state index in [0.717, 1.165) is 41.4 Å². The van der Waals surface area contributed by atoms with Crippen LogP contribution in [0.25, 0.3) is 0 Å². The van der Waals surface area contributed by atoms with Crippen molar-refractivity contribution in [2.45, 2.75) is 33.4 Å². The molecule has 0 aliphatic carbocycles. The smallest absolute Gasteiger partial charge is 0.236 e. The van der Waals surface area contributed by atoms with Gasteiger partial charge in [-0.15, -0.1) is 0 Å². The molecule has 0 aliphatic rings. The first-order chi connectivity index (χ1) is 14.8. The molecule has 164 valence electrons. The molecule has 7 nitrogen and oxygen atoms in total. The first-order valence-electron chi connectivity index (χ1n) is 10.3. The molecule has 31 heavy (non-hydrogen) atoms. The Kier molecular flexibility index (Phi) is 7.12. The van der Waals surface area contributed by atoms with Gasteiger partial charge >= 0.3 is 0 Å². The van der Waals surface area contributed by atoms with Gasteiger partial charge in [-0.05, 0) is 57.5 Å². The number of nitrogens with zero attached hydrogens (tertiary/aromatic N) is 3. The van der Waals surface area contributed by atoms with E-state index in [9.17, 15) is 8.42 Å². The van der Waals surface area contributed by atoms with Crippen molar-refractivity contribution >= 4 is 33.2 Å². The van der Waals surface area contributed by atoms with E-state index in [0.29, 0.717) is 11.6 Å². The van der Waals surface area contributed by atoms with Crippen LogP contribution in [-0.4, -0.2) is 31.5 Å². The van der Waals surface area contributed by atoms with Gasteiger partial charge in [-0.3, -0.25) is 4.72 Å². The Morgan fingerprint density at radius 3 is 2.23 bits per heavy atom. The highest BCUT2D eigenvalue weighted by Gasteiger charge is 2.12. The Labute approximate surface area is 184 Å². The van der Waals surface area contributed by atoms with Crippen molar-refractivity contribution in [1.82, 2.24) is 9.97 Å². The maximum absolute atomic E-state index is 12.5. The molecule has 3 aromatic rings. The Balaban J connectivity index is 1.69. The summed E-state index contributed by atoms with van der Waals surface area (Å²) in [5.74, 6) is 1.31. The number of hydrogen-bond donors (Lipinski definition) is 2. The Morgan fingerprint density at radius 2 is 1.58 bits per heavy atom. The number of aryl methyl sites for hydroxylation is 2. The summed E-state index contributed by atoms with van der Waals surface area (Å²) < 4.78 is 27.6. The van der Waals surface area contributed by atoms with Crippen LogP contribution in [0.3, 0.4) is 0 Å². The van der Waals surface area contributed by atoms with E-state index in [1.807, 2.05) is 44.2 Å². The molecule has 1 aromatic heterocycles. The minimum atomic E-state index is -3.50. The Bertz CT molecular complexity index is 1130. The van der Waals surface area contributed by atoms with Gasteiger partial charge in [0, 0.05) is 36.2 Å². The van der Waals surface area contributed by atoms with Crippen LogP contribution in [0, 0.1) is 13.8 Å². The second-order valence-corrected chi connectivity index (χ2v) is 9.14. The predicted molar refractivity (Wildman–Crippen MR) is 127 cm³/mol. The molecule has 2 N–H and O–H groups in total. The molecular weight excluding hydrogens is 410 g/mol. The summed E-state index contributed by atoms with van der Waals surface area (Å²) in [5.41, 5.74) is 3.95. The molecule has 8 heteroatoms. The number of nitrogens with one attached hydrogen (secondary N) is 2. The molecule has 0 amide bonds. The van der Waals surface area contributed by atoms with Crippen molar-refractivity contribution in [2.75, 3.05) is 28.0 Å². The minimum Gasteiger partial charge on any atom is -0.357 e. The van der Waals surface area contributed by atoms with Gasteiger partial charge in [-0.25, -0.2) is 13.4 Å². The number of rotatable bonds is 9. The second kappa shape index (κ2) is 9.78. The van der Waals surface area contributed by atoms with Crippen molar-refractivity contribution < 1.29 is 8.42 Å². The van der Waals surface area contributed by atoms with E-state index in [4.69, 9.17) is 0 Å². The van der Waals surface area contributed by atoms with Crippen LogP contribution in [-0.2, 0) is 15.8 Å². The molecule has 0 fully saturated rings. The lowest BCUT2D eigenvalue weighted by atomic mass is 10.2. The molecule has 1 heterocycles. The summed E-state index contributed by atoms with van der Waals surface area (Å²) in [7, 11) is -3.50. The first-order valence-corrected chi connectivity index (χ1v) is 12.0. The number of benzene rings is 2. The van der Waals surface area contributed by atoms with E-state index in [1.54, 1.807) is 24.3 Å². The molecule has 0 saturated heterocycles. The van der Waals surface area contributed by atoms with Gasteiger partial charge in [0.25, 0.3) is 0 Å². The van der Waals surface area contributed by atoms with Crippen molar-refractivity contribution in [3.05, 3.63) is 71.4 Å². The number of sulfonamides is 1. The lowest BCUT2D eigenvalue weighted by Gasteiger charge is -2.20. The van der Waals surface area contributed by atoms with Crippen LogP contribution in [0.5, 0.6) is 0 Å². The third-order valence-electron chi connectivity index (χ3n) is 4.78. The van der Waals surface area contributed by atoms with Crippen molar-refractivity contribution in [3.63, 3.8) is 0 Å². The molecule has 0 radical (unpaired) electrons. The largest absolute Gasteiger partial charge is 0.357 e. The number of aromatic nitrogens is 2. The van der Waals surface area contributed by atoms with E-state index < -0.39 is 10.0 Å². The summed E-state index contributed by atoms with van der Waals surface area (Å²) in [6.45, 7) is 9.79. The normalized spacial score (nSPS) is 11.2. The van der Waals surface area contributed by atoms with Crippen LogP contribution in [0.4, 0.5) is 23.1 Å². The van der Waals surface area contributed by atoms with Gasteiger partial charge in [0.15, 0.2) is 0 Å². The lowest BCUT2D eigenvalue weighted by molar-refractivity contribution is 0.600. The van der Waals surface area contributed by atoms with Gasteiger partial charge in [0.1, 0.15) is 5.82 Å². The highest BCUT2D eigenvalue weighted by Crippen LogP contribution is 2.21. The van der Waals surface area contributed by atoms with Gasteiger partial charge in [-0.1, -0.05) is 29.8 Å². The van der Waals surface area contributed by atoms with Crippen LogP contribution < -0.4 is 14.9 Å². The van der Waals surface area contributed by atoms with Gasteiger partial charge < -0.3 is 10.2 Å². The molecule has 0 unspecified atom stereocenters. The summed E-state index contributed by atoms with van der Waals surface area (Å²) in [6.07, 6.45) is 0. The van der Waals surface area contributed by atoms with E-state index >= 15 is 0 Å². The standard InChI is InChI=1S/C23H29N5O2S/c1-5-28(6-2)22-15-18(4)24-23(26-22)25-20-10-12-21(13-11-20)27-31(29,30)16-19-9-7-8-17(3)14-19/h7-15,27H,5-6,16H2,1-4H3,(H,24,25,26). The van der Waals surface area contributed by atoms with Crippen LogP contribution >= 0.6 is 0 Å². The molecule has 0 bridgehead atoms. The fourth-order valence-electron chi connectivity index (χ4n) is 3.31. The molecule has 0 spiro atoms. The molecule has 0 aliphatic heterocycles. The zero-order valence-electron chi connectivity index (χ0n) is 18.4. The maximum Gasteiger partial charge on any atom is 0.236 e. The number of anilines is 4. The zero-order valence-corrected chi connectivity index (χ0v) is 19.2. The van der Waals surface area contributed by atoms with Crippen LogP contribution in [0.1, 0.15) is 30.7 Å². The topological polar surface area (TPSA) is 87.2 Å². The van der Waals surface area contributed by atoms with Crippen molar-refractivity contribution in [2.24, 2.45) is 0 Å². The zero-order chi connectivity index (χ0) is 22.4. The highest BCUT2D eigenvalue weighted by molar-refractivity contribution is 7.91. The predicted octanol–water partition coefficient (Wildman–Crippen LogP) is 4.63. The SMILES string of the molecule is CCN(CC)c1cc(C)nc(Nc2ccc(NS(=O)(=O)Cc3cccc(C)c3)cc2)n1. The summed E-state index contributed by atoms with van der Waals surface area (Å²) >= 11 is 0. The second-order valence-electron chi connectivity index (χ2n) is 7.42. The maximum atomic E-state index is 12.5. The minimum absolute atomic E-state index is 0.0695. The highest BCUT2D eigenvalue weighted by atomic mass is 32.2. The van der Waals surface area contributed by atoms with Gasteiger partial charge in [0.2, 0.25) is 16.0 Å². The average Bonchev–Trinajstić information content (AvgIpc) is 2.69. The summed E-state index contributed by atoms with van der Waals surface area (Å²) in [5, 5.41) is 3.20. The van der Waals surface area contributed by atoms with Gasteiger partial charge in [0.05, 0.1) is 5.75 Å². The monoisotopic (exact) mass is 439 g/mol. The molecule has 0 saturated carbocycles. The third kappa shape index (κ3) is 6.42. The van der Waals surface area contributed by atoms with Gasteiger partial charge in [-0.2, -0.15) is 4.98 Å². The van der Waals surface area contributed by atoms with Crippen molar-refractivity contribution in [1.29, 1.82) is 0 Å². The van der Waals surface area contributed by atoms with Crippen LogP contribution in [0.2, 0.25) is 0 Å². The fourth-order valence-corrected chi connectivity index (χ4v) is 4.49. The summed E-state index contributed by atoms with van der Waals surface area (Å²) in [6, 6.07) is 16.5. The van der Waals surface area contributed by atoms with E-state index in [2.05, 4.69) is 38.8 Å².